The number of carbonyl (C=O) groups is 1. The van der Waals surface area contributed by atoms with Gasteiger partial charge in [0.1, 0.15) is 12.4 Å². The summed E-state index contributed by atoms with van der Waals surface area (Å²) in [4.78, 5) is 12.9. The summed E-state index contributed by atoms with van der Waals surface area (Å²) in [6.07, 6.45) is 3.72. The summed E-state index contributed by atoms with van der Waals surface area (Å²) in [5.74, 6) is -0.200. The smallest absolute Gasteiger partial charge is 0.335 e. The lowest BCUT2D eigenvalue weighted by Gasteiger charge is -2.16. The Morgan fingerprint density at radius 1 is 1.21 bits per heavy atom. The van der Waals surface area contributed by atoms with Crippen molar-refractivity contribution >= 4 is 5.97 Å². The molecule has 1 aromatic carbocycles. The Morgan fingerprint density at radius 3 is 2.47 bits per heavy atom. The van der Waals surface area contributed by atoms with Gasteiger partial charge in [-0.1, -0.05) is 19.8 Å². The average molecular weight is 265 g/mol. The fourth-order valence-corrected chi connectivity index (χ4v) is 1.76. The standard InChI is InChI=1S/C15H23NO3/c1-3-4-5-10-16(2)11-12-19-14-8-6-13(7-9-14)15(17)18/h6-9H,3-5,10-12H2,1-2H3,(H,17,18). The first-order valence-corrected chi connectivity index (χ1v) is 6.78. The highest BCUT2D eigenvalue weighted by Crippen LogP contribution is 2.12. The van der Waals surface area contributed by atoms with Crippen LogP contribution in [0.4, 0.5) is 0 Å². The van der Waals surface area contributed by atoms with Crippen LogP contribution >= 0.6 is 0 Å². The first kappa shape index (κ1) is 15.5. The van der Waals surface area contributed by atoms with E-state index in [4.69, 9.17) is 9.84 Å². The highest BCUT2D eigenvalue weighted by Gasteiger charge is 2.02. The zero-order valence-electron chi connectivity index (χ0n) is 11.8. The van der Waals surface area contributed by atoms with Gasteiger partial charge in [-0.05, 0) is 44.3 Å². The van der Waals surface area contributed by atoms with Gasteiger partial charge in [-0.2, -0.15) is 0 Å². The maximum atomic E-state index is 10.7. The molecule has 4 nitrogen and oxygen atoms in total. The molecule has 106 valence electrons. The molecule has 1 N–H and O–H groups in total. The topological polar surface area (TPSA) is 49.8 Å². The van der Waals surface area contributed by atoms with Gasteiger partial charge in [0.25, 0.3) is 0 Å². The Hall–Kier alpha value is -1.55. The largest absolute Gasteiger partial charge is 0.492 e. The normalized spacial score (nSPS) is 10.7. The molecule has 0 aliphatic carbocycles. The second-order valence-electron chi connectivity index (χ2n) is 4.69. The zero-order valence-corrected chi connectivity index (χ0v) is 11.8. The predicted octanol–water partition coefficient (Wildman–Crippen LogP) is 2.89. The van der Waals surface area contributed by atoms with E-state index < -0.39 is 5.97 Å². The van der Waals surface area contributed by atoms with Crippen LogP contribution < -0.4 is 4.74 Å². The number of unbranched alkanes of at least 4 members (excludes halogenated alkanes) is 2. The molecule has 0 saturated heterocycles. The molecule has 0 saturated carbocycles. The van der Waals surface area contributed by atoms with E-state index in [2.05, 4.69) is 18.9 Å². The monoisotopic (exact) mass is 265 g/mol. The molecule has 0 fully saturated rings. The second-order valence-corrected chi connectivity index (χ2v) is 4.69. The molecule has 1 aromatic rings. The molecule has 0 amide bonds. The van der Waals surface area contributed by atoms with Gasteiger partial charge >= 0.3 is 5.97 Å². The molecule has 19 heavy (non-hydrogen) atoms. The van der Waals surface area contributed by atoms with Crippen molar-refractivity contribution in [1.29, 1.82) is 0 Å². The van der Waals surface area contributed by atoms with Crippen molar-refractivity contribution in [3.8, 4) is 5.75 Å². The third-order valence-corrected chi connectivity index (χ3v) is 2.99. The lowest BCUT2D eigenvalue weighted by Crippen LogP contribution is -2.25. The molecule has 0 aliphatic rings. The zero-order chi connectivity index (χ0) is 14.1. The van der Waals surface area contributed by atoms with Crippen molar-refractivity contribution in [2.45, 2.75) is 26.2 Å². The number of aromatic carboxylic acids is 1. The van der Waals surface area contributed by atoms with E-state index in [9.17, 15) is 4.79 Å². The third kappa shape index (κ3) is 6.25. The van der Waals surface area contributed by atoms with Gasteiger partial charge in [0.05, 0.1) is 5.56 Å². The number of ether oxygens (including phenoxy) is 1. The number of hydrogen-bond donors (Lipinski definition) is 1. The molecule has 0 aromatic heterocycles. The molecule has 0 bridgehead atoms. The number of hydrogen-bond acceptors (Lipinski definition) is 3. The lowest BCUT2D eigenvalue weighted by atomic mass is 10.2. The van der Waals surface area contributed by atoms with E-state index in [1.807, 2.05) is 0 Å². The van der Waals surface area contributed by atoms with Gasteiger partial charge in [0.15, 0.2) is 0 Å². The lowest BCUT2D eigenvalue weighted by molar-refractivity contribution is 0.0697. The van der Waals surface area contributed by atoms with Crippen LogP contribution in [0.25, 0.3) is 0 Å². The maximum Gasteiger partial charge on any atom is 0.335 e. The van der Waals surface area contributed by atoms with E-state index in [0.717, 1.165) is 13.1 Å². The Bertz CT molecular complexity index is 375. The molecule has 0 radical (unpaired) electrons. The quantitative estimate of drug-likeness (QED) is 0.697. The first-order chi connectivity index (χ1) is 9.13. The van der Waals surface area contributed by atoms with E-state index in [1.165, 1.54) is 19.3 Å². The number of carboxylic acid groups (broad SMARTS) is 1. The summed E-state index contributed by atoms with van der Waals surface area (Å²) in [5, 5.41) is 8.78. The van der Waals surface area contributed by atoms with Crippen LogP contribution in [0.5, 0.6) is 5.75 Å². The summed E-state index contributed by atoms with van der Waals surface area (Å²) in [6.45, 7) is 4.79. The summed E-state index contributed by atoms with van der Waals surface area (Å²) in [5.41, 5.74) is 0.282. The predicted molar refractivity (Wildman–Crippen MR) is 75.9 cm³/mol. The summed E-state index contributed by atoms with van der Waals surface area (Å²) in [6, 6.07) is 6.51. The van der Waals surface area contributed by atoms with Crippen LogP contribution in [0.3, 0.4) is 0 Å². The van der Waals surface area contributed by atoms with E-state index in [1.54, 1.807) is 24.3 Å². The molecule has 0 aliphatic heterocycles. The Morgan fingerprint density at radius 2 is 1.89 bits per heavy atom. The Labute approximate surface area is 115 Å². The molecule has 0 unspecified atom stereocenters. The average Bonchev–Trinajstić information content (AvgIpc) is 2.39. The first-order valence-electron chi connectivity index (χ1n) is 6.78. The van der Waals surface area contributed by atoms with Gasteiger partial charge in [-0.3, -0.25) is 0 Å². The summed E-state index contributed by atoms with van der Waals surface area (Å²) >= 11 is 0. The maximum absolute atomic E-state index is 10.7. The van der Waals surface area contributed by atoms with Crippen molar-refractivity contribution < 1.29 is 14.6 Å². The van der Waals surface area contributed by atoms with E-state index >= 15 is 0 Å². The van der Waals surface area contributed by atoms with Crippen LogP contribution in [0.1, 0.15) is 36.5 Å². The van der Waals surface area contributed by atoms with Gasteiger partial charge < -0.3 is 14.7 Å². The fourth-order valence-electron chi connectivity index (χ4n) is 1.76. The molecular weight excluding hydrogens is 242 g/mol. The molecule has 0 heterocycles. The van der Waals surface area contributed by atoms with Crippen LogP contribution in [0.2, 0.25) is 0 Å². The SMILES string of the molecule is CCCCCN(C)CCOc1ccc(C(=O)O)cc1. The number of nitrogens with zero attached hydrogens (tertiary/aromatic N) is 1. The van der Waals surface area contributed by atoms with Crippen LogP contribution in [0, 0.1) is 0 Å². The molecule has 4 heteroatoms. The second kappa shape index (κ2) is 8.53. The third-order valence-electron chi connectivity index (χ3n) is 2.99. The number of rotatable bonds is 9. The summed E-state index contributed by atoms with van der Waals surface area (Å²) < 4.78 is 5.58. The van der Waals surface area contributed by atoms with Gasteiger partial charge in [-0.15, -0.1) is 0 Å². The fraction of sp³-hybridized carbons (Fsp3) is 0.533. The molecule has 0 atom stereocenters. The Balaban J connectivity index is 2.23. The number of benzene rings is 1. The van der Waals surface area contributed by atoms with Crippen LogP contribution in [0.15, 0.2) is 24.3 Å². The van der Waals surface area contributed by atoms with Crippen molar-refractivity contribution in [3.63, 3.8) is 0 Å². The van der Waals surface area contributed by atoms with Gasteiger partial charge in [0, 0.05) is 6.54 Å². The molecule has 0 spiro atoms. The van der Waals surface area contributed by atoms with Crippen LogP contribution in [-0.2, 0) is 0 Å². The number of carboxylic acids is 1. The number of likely N-dealkylation sites (N-methyl/N-ethyl adjacent to an activating group) is 1. The van der Waals surface area contributed by atoms with Crippen molar-refractivity contribution in [2.24, 2.45) is 0 Å². The molecular formula is C15H23NO3. The van der Waals surface area contributed by atoms with Crippen molar-refractivity contribution in [2.75, 3.05) is 26.7 Å². The van der Waals surface area contributed by atoms with E-state index in [-0.39, 0.29) is 5.56 Å². The molecule has 1 rings (SSSR count). The van der Waals surface area contributed by atoms with Gasteiger partial charge in [0.2, 0.25) is 0 Å². The minimum Gasteiger partial charge on any atom is -0.492 e. The minimum atomic E-state index is -0.915. The van der Waals surface area contributed by atoms with E-state index in [0.29, 0.717) is 12.4 Å². The highest BCUT2D eigenvalue weighted by atomic mass is 16.5. The summed E-state index contributed by atoms with van der Waals surface area (Å²) in [7, 11) is 2.09. The van der Waals surface area contributed by atoms with Gasteiger partial charge in [-0.25, -0.2) is 4.79 Å². The Kier molecular flexibility index (Phi) is 6.97. The van der Waals surface area contributed by atoms with Crippen molar-refractivity contribution in [1.82, 2.24) is 4.90 Å². The van der Waals surface area contributed by atoms with Crippen LogP contribution in [-0.4, -0.2) is 42.7 Å². The minimum absolute atomic E-state index is 0.282. The van der Waals surface area contributed by atoms with Crippen molar-refractivity contribution in [3.05, 3.63) is 29.8 Å². The highest BCUT2D eigenvalue weighted by molar-refractivity contribution is 5.87.